The molecule has 5 nitrogen and oxygen atoms in total. The summed E-state index contributed by atoms with van der Waals surface area (Å²) in [6.45, 7) is 2.26. The van der Waals surface area contributed by atoms with Crippen molar-refractivity contribution in [1.82, 2.24) is 10.2 Å². The Labute approximate surface area is 141 Å². The Morgan fingerprint density at radius 3 is 2.87 bits per heavy atom. The number of carbonyl (C=O) groups excluding carboxylic acids is 1. The average Bonchev–Trinajstić information content (AvgIpc) is 2.76. The monoisotopic (exact) mass is 338 g/mol. The van der Waals surface area contributed by atoms with Crippen LogP contribution in [0, 0.1) is 5.92 Å². The zero-order valence-corrected chi connectivity index (χ0v) is 13.9. The van der Waals surface area contributed by atoms with Gasteiger partial charge in [-0.2, -0.15) is 0 Å². The maximum absolute atomic E-state index is 12.5. The lowest BCUT2D eigenvalue weighted by atomic mass is 9.98. The van der Waals surface area contributed by atoms with Crippen LogP contribution in [0.1, 0.15) is 37.3 Å². The normalized spacial score (nSPS) is 22.0. The van der Waals surface area contributed by atoms with Crippen molar-refractivity contribution in [2.24, 2.45) is 5.92 Å². The second kappa shape index (κ2) is 7.41. The number of piperidine rings is 1. The fraction of sp³-hybridized carbons (Fsp3) is 0.588. The SMILES string of the molecule is O=C(NC1CCCOc2cc(Cl)ccc21)N1CCC(CO)CC1. The van der Waals surface area contributed by atoms with E-state index in [1.807, 2.05) is 23.1 Å². The molecular weight excluding hydrogens is 316 g/mol. The Balaban J connectivity index is 1.67. The van der Waals surface area contributed by atoms with Crippen LogP contribution in [0.3, 0.4) is 0 Å². The lowest BCUT2D eigenvalue weighted by Gasteiger charge is -2.32. The number of aliphatic hydroxyl groups excluding tert-OH is 1. The minimum absolute atomic E-state index is 0.0332. The summed E-state index contributed by atoms with van der Waals surface area (Å²) in [6, 6.07) is 5.50. The molecule has 0 spiro atoms. The summed E-state index contributed by atoms with van der Waals surface area (Å²) in [5.41, 5.74) is 0.991. The highest BCUT2D eigenvalue weighted by atomic mass is 35.5. The van der Waals surface area contributed by atoms with Gasteiger partial charge in [0.05, 0.1) is 12.6 Å². The third kappa shape index (κ3) is 3.90. The van der Waals surface area contributed by atoms with E-state index in [2.05, 4.69) is 5.32 Å². The van der Waals surface area contributed by atoms with Crippen LogP contribution in [0.25, 0.3) is 0 Å². The number of nitrogens with one attached hydrogen (secondary N) is 1. The summed E-state index contributed by atoms with van der Waals surface area (Å²) in [4.78, 5) is 14.4. The highest BCUT2D eigenvalue weighted by Crippen LogP contribution is 2.33. The number of rotatable bonds is 2. The number of nitrogens with zero attached hydrogens (tertiary/aromatic N) is 1. The summed E-state index contributed by atoms with van der Waals surface area (Å²) in [5, 5.41) is 13.0. The van der Waals surface area contributed by atoms with Gasteiger partial charge in [0.1, 0.15) is 5.75 Å². The summed E-state index contributed by atoms with van der Waals surface area (Å²) >= 11 is 6.04. The van der Waals surface area contributed by atoms with Gasteiger partial charge in [-0.25, -0.2) is 4.79 Å². The molecule has 1 fully saturated rings. The van der Waals surface area contributed by atoms with Crippen molar-refractivity contribution >= 4 is 17.6 Å². The van der Waals surface area contributed by atoms with Gasteiger partial charge in [-0.05, 0) is 43.7 Å². The molecule has 23 heavy (non-hydrogen) atoms. The molecular formula is C17H23ClN2O3. The minimum Gasteiger partial charge on any atom is -0.493 e. The van der Waals surface area contributed by atoms with Gasteiger partial charge in [0.25, 0.3) is 0 Å². The van der Waals surface area contributed by atoms with Crippen molar-refractivity contribution in [2.45, 2.75) is 31.7 Å². The van der Waals surface area contributed by atoms with E-state index in [0.717, 1.165) is 37.0 Å². The number of urea groups is 1. The minimum atomic E-state index is -0.0483. The smallest absolute Gasteiger partial charge is 0.317 e. The number of hydrogen-bond acceptors (Lipinski definition) is 3. The topological polar surface area (TPSA) is 61.8 Å². The summed E-state index contributed by atoms with van der Waals surface area (Å²) in [6.07, 6.45) is 3.48. The van der Waals surface area contributed by atoms with Crippen LogP contribution >= 0.6 is 11.6 Å². The summed E-state index contributed by atoms with van der Waals surface area (Å²) < 4.78 is 5.74. The van der Waals surface area contributed by atoms with E-state index in [-0.39, 0.29) is 18.7 Å². The van der Waals surface area contributed by atoms with Gasteiger partial charge < -0.3 is 20.1 Å². The molecule has 2 heterocycles. The highest BCUT2D eigenvalue weighted by Gasteiger charge is 2.26. The molecule has 1 aromatic carbocycles. The number of amides is 2. The first-order valence-electron chi connectivity index (χ1n) is 8.26. The quantitative estimate of drug-likeness (QED) is 0.871. The highest BCUT2D eigenvalue weighted by molar-refractivity contribution is 6.30. The van der Waals surface area contributed by atoms with E-state index in [1.165, 1.54) is 0 Å². The van der Waals surface area contributed by atoms with Gasteiger partial charge in [0, 0.05) is 30.3 Å². The van der Waals surface area contributed by atoms with Gasteiger partial charge in [0.2, 0.25) is 0 Å². The maximum atomic E-state index is 12.5. The van der Waals surface area contributed by atoms with Crippen LogP contribution in [0.5, 0.6) is 5.75 Å². The van der Waals surface area contributed by atoms with E-state index >= 15 is 0 Å². The molecule has 0 radical (unpaired) electrons. The Morgan fingerprint density at radius 2 is 2.13 bits per heavy atom. The Bertz CT molecular complexity index is 559. The van der Waals surface area contributed by atoms with Crippen molar-refractivity contribution in [3.05, 3.63) is 28.8 Å². The van der Waals surface area contributed by atoms with E-state index in [1.54, 1.807) is 0 Å². The molecule has 1 aromatic rings. The maximum Gasteiger partial charge on any atom is 0.317 e. The van der Waals surface area contributed by atoms with Crippen molar-refractivity contribution < 1.29 is 14.6 Å². The zero-order chi connectivity index (χ0) is 16.2. The van der Waals surface area contributed by atoms with Gasteiger partial charge in [0.15, 0.2) is 0 Å². The second-order valence-corrected chi connectivity index (χ2v) is 6.72. The average molecular weight is 339 g/mol. The first-order valence-corrected chi connectivity index (χ1v) is 8.63. The fourth-order valence-electron chi connectivity index (χ4n) is 3.26. The van der Waals surface area contributed by atoms with Crippen LogP contribution in [-0.4, -0.2) is 42.3 Å². The molecule has 1 saturated heterocycles. The third-order valence-electron chi connectivity index (χ3n) is 4.70. The Morgan fingerprint density at radius 1 is 1.35 bits per heavy atom. The molecule has 1 atom stereocenters. The molecule has 2 aliphatic heterocycles. The first kappa shape index (κ1) is 16.4. The number of likely N-dealkylation sites (tertiary alicyclic amines) is 1. The first-order chi connectivity index (χ1) is 11.2. The molecule has 0 aliphatic carbocycles. The second-order valence-electron chi connectivity index (χ2n) is 6.29. The summed E-state index contributed by atoms with van der Waals surface area (Å²) in [7, 11) is 0. The van der Waals surface area contributed by atoms with Gasteiger partial charge in [-0.1, -0.05) is 17.7 Å². The molecule has 2 N–H and O–H groups in total. The number of ether oxygens (including phenoxy) is 1. The Kier molecular flexibility index (Phi) is 5.28. The third-order valence-corrected chi connectivity index (χ3v) is 4.94. The van der Waals surface area contributed by atoms with Gasteiger partial charge in [-0.3, -0.25) is 0 Å². The lowest BCUT2D eigenvalue weighted by Crippen LogP contribution is -2.45. The fourth-order valence-corrected chi connectivity index (χ4v) is 3.42. The molecule has 1 unspecified atom stereocenters. The molecule has 6 heteroatoms. The Hall–Kier alpha value is -1.46. The van der Waals surface area contributed by atoms with Crippen LogP contribution in [0.15, 0.2) is 18.2 Å². The van der Waals surface area contributed by atoms with E-state index in [0.29, 0.717) is 30.6 Å². The molecule has 2 aliphatic rings. The van der Waals surface area contributed by atoms with Crippen molar-refractivity contribution in [1.29, 1.82) is 0 Å². The summed E-state index contributed by atoms with van der Waals surface area (Å²) in [5.74, 6) is 1.09. The molecule has 0 aromatic heterocycles. The zero-order valence-electron chi connectivity index (χ0n) is 13.1. The van der Waals surface area contributed by atoms with Crippen LogP contribution in [0.4, 0.5) is 4.79 Å². The lowest BCUT2D eigenvalue weighted by molar-refractivity contribution is 0.135. The molecule has 0 saturated carbocycles. The van der Waals surface area contributed by atoms with Crippen molar-refractivity contribution in [2.75, 3.05) is 26.3 Å². The predicted octanol–water partition coefficient (Wildman–Crippen LogP) is 2.97. The number of fused-ring (bicyclic) bond motifs is 1. The number of halogens is 1. The molecule has 126 valence electrons. The largest absolute Gasteiger partial charge is 0.493 e. The number of carbonyl (C=O) groups is 1. The predicted molar refractivity (Wildman–Crippen MR) is 88.8 cm³/mol. The van der Waals surface area contributed by atoms with Crippen LogP contribution < -0.4 is 10.1 Å². The molecule has 0 bridgehead atoms. The van der Waals surface area contributed by atoms with E-state index in [9.17, 15) is 9.90 Å². The van der Waals surface area contributed by atoms with E-state index in [4.69, 9.17) is 16.3 Å². The molecule has 3 rings (SSSR count). The number of aliphatic hydroxyl groups is 1. The van der Waals surface area contributed by atoms with Gasteiger partial charge in [-0.15, -0.1) is 0 Å². The van der Waals surface area contributed by atoms with Crippen LogP contribution in [0.2, 0.25) is 5.02 Å². The van der Waals surface area contributed by atoms with Crippen molar-refractivity contribution in [3.8, 4) is 5.75 Å². The standard InChI is InChI=1S/C17H23ClN2O3/c18-13-3-4-14-15(2-1-9-23-16(14)10-13)19-17(22)20-7-5-12(11-21)6-8-20/h3-4,10,12,15,21H,1-2,5-9,11H2,(H,19,22). The van der Waals surface area contributed by atoms with E-state index < -0.39 is 0 Å². The number of hydrogen-bond donors (Lipinski definition) is 2. The van der Waals surface area contributed by atoms with Crippen molar-refractivity contribution in [3.63, 3.8) is 0 Å². The number of benzene rings is 1. The van der Waals surface area contributed by atoms with Crippen LogP contribution in [-0.2, 0) is 0 Å². The molecule has 2 amide bonds. The van der Waals surface area contributed by atoms with Gasteiger partial charge >= 0.3 is 6.03 Å².